The van der Waals surface area contributed by atoms with Crippen molar-refractivity contribution >= 4 is 22.0 Å². The van der Waals surface area contributed by atoms with E-state index in [9.17, 15) is 13.2 Å². The van der Waals surface area contributed by atoms with Gasteiger partial charge in [0, 0.05) is 31.8 Å². The molecule has 1 aromatic carbocycles. The van der Waals surface area contributed by atoms with Crippen LogP contribution in [0.15, 0.2) is 58.1 Å². The summed E-state index contributed by atoms with van der Waals surface area (Å²) in [6, 6.07) is 9.93. The third kappa shape index (κ3) is 5.24. The van der Waals surface area contributed by atoms with Crippen LogP contribution in [0.3, 0.4) is 0 Å². The number of furan rings is 1. The molecule has 0 spiro atoms. The molecule has 8 heteroatoms. The molecule has 0 unspecified atom stereocenters. The van der Waals surface area contributed by atoms with Gasteiger partial charge in [0.25, 0.3) is 0 Å². The number of rotatable bonds is 7. The van der Waals surface area contributed by atoms with Crippen LogP contribution in [0, 0.1) is 5.92 Å². The number of nitrogens with one attached hydrogen (secondary N) is 1. The summed E-state index contributed by atoms with van der Waals surface area (Å²) >= 11 is 0. The zero-order chi connectivity index (χ0) is 20.0. The molecule has 1 aliphatic heterocycles. The zero-order valence-corrected chi connectivity index (χ0v) is 16.5. The summed E-state index contributed by atoms with van der Waals surface area (Å²) in [5, 5.41) is 0. The highest BCUT2D eigenvalue weighted by atomic mass is 32.2. The van der Waals surface area contributed by atoms with Gasteiger partial charge in [0.05, 0.1) is 18.3 Å². The molecule has 28 heavy (non-hydrogen) atoms. The van der Waals surface area contributed by atoms with Crippen LogP contribution in [0.2, 0.25) is 0 Å². The molecule has 0 atom stereocenters. The summed E-state index contributed by atoms with van der Waals surface area (Å²) in [6.07, 6.45) is 6.21. The number of sulfonamides is 1. The minimum absolute atomic E-state index is 0.0631. The fraction of sp³-hybridized carbons (Fsp3) is 0.350. The van der Waals surface area contributed by atoms with Gasteiger partial charge in [-0.1, -0.05) is 6.07 Å². The number of likely N-dealkylation sites (tertiary alicyclic amines) is 1. The van der Waals surface area contributed by atoms with E-state index in [1.807, 2.05) is 0 Å². The van der Waals surface area contributed by atoms with Crippen molar-refractivity contribution in [3.63, 3.8) is 0 Å². The molecule has 0 saturated carbocycles. The van der Waals surface area contributed by atoms with Crippen molar-refractivity contribution in [1.82, 2.24) is 9.62 Å². The molecule has 0 radical (unpaired) electrons. The molecule has 1 aliphatic rings. The van der Waals surface area contributed by atoms with Crippen LogP contribution in [0.5, 0.6) is 5.75 Å². The number of ether oxygens (including phenoxy) is 1. The first kappa shape index (κ1) is 20.2. The smallest absolute Gasteiger partial charge is 0.246 e. The van der Waals surface area contributed by atoms with E-state index >= 15 is 0 Å². The second kappa shape index (κ2) is 9.07. The highest BCUT2D eigenvalue weighted by molar-refractivity contribution is 7.89. The van der Waals surface area contributed by atoms with Crippen molar-refractivity contribution in [3.8, 4) is 5.75 Å². The van der Waals surface area contributed by atoms with Crippen molar-refractivity contribution in [2.45, 2.75) is 17.7 Å². The van der Waals surface area contributed by atoms with Gasteiger partial charge >= 0.3 is 0 Å². The Morgan fingerprint density at radius 1 is 1.29 bits per heavy atom. The van der Waals surface area contributed by atoms with Crippen molar-refractivity contribution in [2.75, 3.05) is 26.7 Å². The Morgan fingerprint density at radius 3 is 2.75 bits per heavy atom. The maximum absolute atomic E-state index is 12.5. The molecule has 0 aliphatic carbocycles. The van der Waals surface area contributed by atoms with Gasteiger partial charge in [-0.15, -0.1) is 0 Å². The molecule has 150 valence electrons. The number of hydrogen-bond donors (Lipinski definition) is 1. The number of amides is 1. The van der Waals surface area contributed by atoms with Crippen LogP contribution in [-0.4, -0.2) is 46.0 Å². The van der Waals surface area contributed by atoms with Crippen molar-refractivity contribution in [3.05, 3.63) is 54.5 Å². The fourth-order valence-corrected chi connectivity index (χ4v) is 4.23. The predicted octanol–water partition coefficient (Wildman–Crippen LogP) is 2.52. The number of carbonyl (C=O) groups is 1. The van der Waals surface area contributed by atoms with Crippen LogP contribution in [0.25, 0.3) is 6.08 Å². The van der Waals surface area contributed by atoms with E-state index in [0.29, 0.717) is 31.1 Å². The SMILES string of the molecule is COc1cccc(S(=O)(=O)NCC2CCN(C(=O)/C=C/c3ccco3)CC2)c1. The summed E-state index contributed by atoms with van der Waals surface area (Å²) in [5.74, 6) is 1.26. The highest BCUT2D eigenvalue weighted by Crippen LogP contribution is 2.20. The minimum atomic E-state index is -3.59. The molecule has 1 saturated heterocycles. The molecule has 7 nitrogen and oxygen atoms in total. The summed E-state index contributed by atoms with van der Waals surface area (Å²) in [7, 11) is -2.09. The Balaban J connectivity index is 1.48. The quantitative estimate of drug-likeness (QED) is 0.717. The number of hydrogen-bond acceptors (Lipinski definition) is 5. The van der Waals surface area contributed by atoms with Gasteiger partial charge in [-0.05, 0) is 49.1 Å². The van der Waals surface area contributed by atoms with Gasteiger partial charge in [0.1, 0.15) is 11.5 Å². The third-order valence-electron chi connectivity index (χ3n) is 4.77. The second-order valence-corrected chi connectivity index (χ2v) is 8.42. The number of nitrogens with zero attached hydrogens (tertiary/aromatic N) is 1. The van der Waals surface area contributed by atoms with E-state index in [0.717, 1.165) is 12.8 Å². The topological polar surface area (TPSA) is 88.9 Å². The molecule has 2 heterocycles. The van der Waals surface area contributed by atoms with E-state index < -0.39 is 10.0 Å². The lowest BCUT2D eigenvalue weighted by Gasteiger charge is -2.31. The summed E-state index contributed by atoms with van der Waals surface area (Å²) < 4.78 is 37.9. The lowest BCUT2D eigenvalue weighted by atomic mass is 9.97. The molecule has 1 amide bonds. The van der Waals surface area contributed by atoms with E-state index in [1.54, 1.807) is 41.5 Å². The van der Waals surface area contributed by atoms with E-state index in [1.165, 1.54) is 25.3 Å². The first-order valence-corrected chi connectivity index (χ1v) is 10.6. The largest absolute Gasteiger partial charge is 0.497 e. The molecule has 1 N–H and O–H groups in total. The number of carbonyl (C=O) groups excluding carboxylic acids is 1. The normalized spacial score (nSPS) is 15.8. The summed E-state index contributed by atoms with van der Waals surface area (Å²) in [5.41, 5.74) is 0. The van der Waals surface area contributed by atoms with Gasteiger partial charge in [-0.25, -0.2) is 13.1 Å². The average molecular weight is 404 g/mol. The zero-order valence-electron chi connectivity index (χ0n) is 15.7. The predicted molar refractivity (Wildman–Crippen MR) is 105 cm³/mol. The van der Waals surface area contributed by atoms with Crippen LogP contribution in [-0.2, 0) is 14.8 Å². The van der Waals surface area contributed by atoms with Crippen molar-refractivity contribution < 1.29 is 22.4 Å². The maximum Gasteiger partial charge on any atom is 0.246 e. The van der Waals surface area contributed by atoms with Crippen molar-refractivity contribution in [1.29, 1.82) is 0 Å². The van der Waals surface area contributed by atoms with Crippen molar-refractivity contribution in [2.24, 2.45) is 5.92 Å². The summed E-state index contributed by atoms with van der Waals surface area (Å²) in [4.78, 5) is 14.2. The van der Waals surface area contributed by atoms with Crippen LogP contribution in [0.4, 0.5) is 0 Å². The molecule has 0 bridgehead atoms. The number of benzene rings is 1. The summed E-state index contributed by atoms with van der Waals surface area (Å²) in [6.45, 7) is 1.56. The molecule has 3 rings (SSSR count). The van der Waals surface area contributed by atoms with Crippen LogP contribution >= 0.6 is 0 Å². The lowest BCUT2D eigenvalue weighted by Crippen LogP contribution is -2.40. The highest BCUT2D eigenvalue weighted by Gasteiger charge is 2.23. The fourth-order valence-electron chi connectivity index (χ4n) is 3.08. The molecule has 1 fully saturated rings. The Kier molecular flexibility index (Phi) is 6.53. The first-order valence-electron chi connectivity index (χ1n) is 9.12. The second-order valence-electron chi connectivity index (χ2n) is 6.65. The number of piperidine rings is 1. The maximum atomic E-state index is 12.5. The monoisotopic (exact) mass is 404 g/mol. The molecule has 1 aromatic heterocycles. The molecule has 2 aromatic rings. The van der Waals surface area contributed by atoms with E-state index in [2.05, 4.69) is 4.72 Å². The Morgan fingerprint density at radius 2 is 2.07 bits per heavy atom. The Labute approximate surface area is 165 Å². The number of methoxy groups -OCH3 is 1. The lowest BCUT2D eigenvalue weighted by molar-refractivity contribution is -0.127. The van der Waals surface area contributed by atoms with Gasteiger partial charge in [-0.2, -0.15) is 0 Å². The van der Waals surface area contributed by atoms with Crippen LogP contribution < -0.4 is 9.46 Å². The van der Waals surface area contributed by atoms with Gasteiger partial charge in [0.15, 0.2) is 0 Å². The first-order chi connectivity index (χ1) is 13.5. The van der Waals surface area contributed by atoms with Gasteiger partial charge in [-0.3, -0.25) is 4.79 Å². The molecular weight excluding hydrogens is 380 g/mol. The molecular formula is C20H24N2O5S. The average Bonchev–Trinajstić information content (AvgIpc) is 3.24. The van der Waals surface area contributed by atoms with Gasteiger partial charge in [0.2, 0.25) is 15.9 Å². The minimum Gasteiger partial charge on any atom is -0.497 e. The van der Waals surface area contributed by atoms with E-state index in [4.69, 9.17) is 9.15 Å². The van der Waals surface area contributed by atoms with Crippen LogP contribution in [0.1, 0.15) is 18.6 Å². The Hall–Kier alpha value is -2.58. The van der Waals surface area contributed by atoms with E-state index in [-0.39, 0.29) is 16.7 Å². The third-order valence-corrected chi connectivity index (χ3v) is 6.19. The standard InChI is InChI=1S/C20H24N2O5S/c1-26-18-4-2-6-19(14-18)28(24,25)21-15-16-9-11-22(12-10-16)20(23)8-7-17-5-3-13-27-17/h2-8,13-14,16,21H,9-12,15H2,1H3/b8-7+. The Bertz CT molecular complexity index is 914. The van der Waals surface area contributed by atoms with Gasteiger partial charge < -0.3 is 14.1 Å².